The molecule has 0 atom stereocenters. The van der Waals surface area contributed by atoms with Gasteiger partial charge in [0, 0.05) is 32.1 Å². The van der Waals surface area contributed by atoms with Crippen molar-refractivity contribution in [2.45, 2.75) is 26.3 Å². The topological polar surface area (TPSA) is 38.1 Å². The fourth-order valence-electron chi connectivity index (χ4n) is 1.33. The number of carbonyl (C=O) groups excluding carboxylic acids is 1. The lowest BCUT2D eigenvalue weighted by atomic mass is 10.1. The maximum Gasteiger partial charge on any atom is 0.138 e. The molecule has 84 valence electrons. The predicted molar refractivity (Wildman–Crippen MR) is 59.8 cm³/mol. The molecule has 0 spiro atoms. The van der Waals surface area contributed by atoms with E-state index >= 15 is 0 Å². The fraction of sp³-hybridized carbons (Fsp3) is 0.636. The largest absolute Gasteiger partial charge is 0.309 e. The van der Waals surface area contributed by atoms with Gasteiger partial charge in [-0.25, -0.2) is 0 Å². The monoisotopic (exact) mass is 209 g/mol. The molecule has 0 aliphatic rings. The zero-order chi connectivity index (χ0) is 11.3. The van der Waals surface area contributed by atoms with E-state index in [1.165, 1.54) is 0 Å². The van der Waals surface area contributed by atoms with Gasteiger partial charge in [-0.1, -0.05) is 0 Å². The minimum absolute atomic E-state index is 0.277. The van der Waals surface area contributed by atoms with Crippen LogP contribution in [0.15, 0.2) is 12.4 Å². The van der Waals surface area contributed by atoms with Crippen LogP contribution in [0.2, 0.25) is 0 Å². The minimum Gasteiger partial charge on any atom is -0.309 e. The first-order valence-corrected chi connectivity index (χ1v) is 5.29. The second kappa shape index (κ2) is 5.66. The van der Waals surface area contributed by atoms with Gasteiger partial charge in [-0.3, -0.25) is 9.48 Å². The Morgan fingerprint density at radius 3 is 2.80 bits per heavy atom. The molecule has 0 unspecified atom stereocenters. The van der Waals surface area contributed by atoms with E-state index in [1.807, 2.05) is 36.8 Å². The van der Waals surface area contributed by atoms with Gasteiger partial charge in [0.1, 0.15) is 5.78 Å². The normalized spacial score (nSPS) is 10.9. The van der Waals surface area contributed by atoms with E-state index in [4.69, 9.17) is 0 Å². The van der Waals surface area contributed by atoms with Gasteiger partial charge in [0.05, 0.1) is 6.20 Å². The Balaban J connectivity index is 2.37. The average molecular weight is 209 g/mol. The van der Waals surface area contributed by atoms with Crippen molar-refractivity contribution in [2.24, 2.45) is 0 Å². The third-order valence-electron chi connectivity index (χ3n) is 2.25. The number of Topliss-reactive ketones (excluding diaryl/α,β-unsaturated/α-hetero) is 1. The van der Waals surface area contributed by atoms with E-state index in [9.17, 15) is 4.79 Å². The maximum absolute atomic E-state index is 11.6. The van der Waals surface area contributed by atoms with Gasteiger partial charge in [-0.2, -0.15) is 5.10 Å². The maximum atomic E-state index is 11.6. The highest BCUT2D eigenvalue weighted by Gasteiger charge is 2.06. The molecule has 0 amide bonds. The summed E-state index contributed by atoms with van der Waals surface area (Å²) < 4.78 is 1.84. The molecule has 0 saturated heterocycles. The Kier molecular flexibility index (Phi) is 4.49. The Hall–Kier alpha value is -1.16. The number of hydrogen-bond donors (Lipinski definition) is 0. The van der Waals surface area contributed by atoms with Gasteiger partial charge in [-0.15, -0.1) is 0 Å². The number of nitrogens with zero attached hydrogens (tertiary/aromatic N) is 3. The highest BCUT2D eigenvalue weighted by molar-refractivity contribution is 5.80. The van der Waals surface area contributed by atoms with Gasteiger partial charge in [-0.05, 0) is 26.6 Å². The first kappa shape index (κ1) is 11.9. The van der Waals surface area contributed by atoms with E-state index in [-0.39, 0.29) is 5.78 Å². The van der Waals surface area contributed by atoms with Crippen molar-refractivity contribution in [1.82, 2.24) is 14.7 Å². The van der Waals surface area contributed by atoms with Crippen LogP contribution in [-0.4, -0.2) is 41.1 Å². The summed E-state index contributed by atoms with van der Waals surface area (Å²) in [4.78, 5) is 13.6. The number of ketones is 1. The van der Waals surface area contributed by atoms with E-state index in [0.717, 1.165) is 18.7 Å². The molecule has 1 aromatic heterocycles. The summed E-state index contributed by atoms with van der Waals surface area (Å²) in [6.07, 6.45) is 4.84. The average Bonchev–Trinajstić information content (AvgIpc) is 2.62. The van der Waals surface area contributed by atoms with Crippen molar-refractivity contribution in [1.29, 1.82) is 0 Å². The molecule has 0 aliphatic carbocycles. The number of rotatable bonds is 6. The van der Waals surface area contributed by atoms with Crippen LogP contribution >= 0.6 is 0 Å². The minimum atomic E-state index is 0.277. The molecular weight excluding hydrogens is 190 g/mol. The van der Waals surface area contributed by atoms with E-state index < -0.39 is 0 Å². The van der Waals surface area contributed by atoms with Crippen LogP contribution in [0.1, 0.15) is 18.9 Å². The highest BCUT2D eigenvalue weighted by Crippen LogP contribution is 2.01. The van der Waals surface area contributed by atoms with Crippen molar-refractivity contribution >= 4 is 5.78 Å². The lowest BCUT2D eigenvalue weighted by molar-refractivity contribution is -0.118. The van der Waals surface area contributed by atoms with Crippen molar-refractivity contribution in [2.75, 3.05) is 20.6 Å². The molecule has 4 nitrogen and oxygen atoms in total. The van der Waals surface area contributed by atoms with E-state index in [2.05, 4.69) is 5.10 Å². The molecule has 1 aromatic rings. The number of carbonyl (C=O) groups is 1. The Bertz CT molecular complexity index is 317. The molecule has 0 saturated carbocycles. The zero-order valence-electron chi connectivity index (χ0n) is 9.73. The quantitative estimate of drug-likeness (QED) is 0.700. The zero-order valence-corrected chi connectivity index (χ0v) is 9.73. The molecule has 0 aliphatic heterocycles. The van der Waals surface area contributed by atoms with Crippen LogP contribution in [0.4, 0.5) is 0 Å². The third kappa shape index (κ3) is 4.25. The third-order valence-corrected chi connectivity index (χ3v) is 2.25. The van der Waals surface area contributed by atoms with Crippen LogP contribution in [-0.2, 0) is 17.8 Å². The molecule has 4 heteroatoms. The van der Waals surface area contributed by atoms with Crippen molar-refractivity contribution < 1.29 is 4.79 Å². The van der Waals surface area contributed by atoms with Crippen molar-refractivity contribution in [3.8, 4) is 0 Å². The van der Waals surface area contributed by atoms with Crippen LogP contribution in [0.5, 0.6) is 0 Å². The van der Waals surface area contributed by atoms with Gasteiger partial charge in [0.2, 0.25) is 0 Å². The van der Waals surface area contributed by atoms with Gasteiger partial charge in [0.15, 0.2) is 0 Å². The summed E-state index contributed by atoms with van der Waals surface area (Å²) in [5.41, 5.74) is 1.01. The summed E-state index contributed by atoms with van der Waals surface area (Å²) in [7, 11) is 3.95. The second-order valence-electron chi connectivity index (χ2n) is 3.97. The SMILES string of the molecule is CCn1cc(CC(=O)CCN(C)C)cn1. The summed E-state index contributed by atoms with van der Waals surface area (Å²) in [6, 6.07) is 0. The smallest absolute Gasteiger partial charge is 0.138 e. The van der Waals surface area contributed by atoms with E-state index in [0.29, 0.717) is 12.8 Å². The predicted octanol–water partition coefficient (Wildman–Crippen LogP) is 0.966. The Labute approximate surface area is 90.9 Å². The Morgan fingerprint density at radius 2 is 2.27 bits per heavy atom. The molecule has 0 aromatic carbocycles. The summed E-state index contributed by atoms with van der Waals surface area (Å²) >= 11 is 0. The van der Waals surface area contributed by atoms with Crippen LogP contribution in [0, 0.1) is 0 Å². The first-order valence-electron chi connectivity index (χ1n) is 5.29. The molecule has 0 radical (unpaired) electrons. The lowest BCUT2D eigenvalue weighted by Gasteiger charge is -2.07. The molecule has 1 rings (SSSR count). The molecule has 15 heavy (non-hydrogen) atoms. The van der Waals surface area contributed by atoms with Gasteiger partial charge >= 0.3 is 0 Å². The molecule has 0 N–H and O–H groups in total. The lowest BCUT2D eigenvalue weighted by Crippen LogP contribution is -2.17. The fourth-order valence-corrected chi connectivity index (χ4v) is 1.33. The number of hydrogen-bond acceptors (Lipinski definition) is 3. The van der Waals surface area contributed by atoms with Crippen LogP contribution in [0.3, 0.4) is 0 Å². The summed E-state index contributed by atoms with van der Waals surface area (Å²) in [6.45, 7) is 3.71. The van der Waals surface area contributed by atoms with Crippen molar-refractivity contribution in [3.63, 3.8) is 0 Å². The summed E-state index contributed by atoms with van der Waals surface area (Å²) in [5, 5.41) is 4.14. The second-order valence-corrected chi connectivity index (χ2v) is 3.97. The van der Waals surface area contributed by atoms with Gasteiger partial charge < -0.3 is 4.90 Å². The molecule has 0 bridgehead atoms. The van der Waals surface area contributed by atoms with Gasteiger partial charge in [0.25, 0.3) is 0 Å². The molecule has 0 fully saturated rings. The number of aryl methyl sites for hydroxylation is 1. The highest BCUT2D eigenvalue weighted by atomic mass is 16.1. The molecule has 1 heterocycles. The van der Waals surface area contributed by atoms with Crippen LogP contribution < -0.4 is 0 Å². The van der Waals surface area contributed by atoms with Crippen LogP contribution in [0.25, 0.3) is 0 Å². The van der Waals surface area contributed by atoms with Crippen molar-refractivity contribution in [3.05, 3.63) is 18.0 Å². The first-order chi connectivity index (χ1) is 7.11. The Morgan fingerprint density at radius 1 is 1.53 bits per heavy atom. The number of aromatic nitrogens is 2. The van der Waals surface area contributed by atoms with E-state index in [1.54, 1.807) is 6.20 Å². The summed E-state index contributed by atoms with van der Waals surface area (Å²) in [5.74, 6) is 0.277. The standard InChI is InChI=1S/C11H19N3O/c1-4-14-9-10(8-12-14)7-11(15)5-6-13(2)3/h8-9H,4-7H2,1-3H3. The molecular formula is C11H19N3O.